The van der Waals surface area contributed by atoms with Crippen LogP contribution in [0.3, 0.4) is 0 Å². The summed E-state index contributed by atoms with van der Waals surface area (Å²) in [4.78, 5) is 15.1. The van der Waals surface area contributed by atoms with Gasteiger partial charge in [0.15, 0.2) is 11.5 Å². The summed E-state index contributed by atoms with van der Waals surface area (Å²) >= 11 is 0. The Morgan fingerprint density at radius 1 is 0.889 bits per heavy atom. The number of likely N-dealkylation sites (tertiary alicyclic amines) is 1. The van der Waals surface area contributed by atoms with Gasteiger partial charge in [0.2, 0.25) is 0 Å². The third kappa shape index (κ3) is 3.65. The number of hydrogen-bond donors (Lipinski definition) is 0. The van der Waals surface area contributed by atoms with Gasteiger partial charge in [-0.2, -0.15) is 0 Å². The molecule has 0 bridgehead atoms. The van der Waals surface area contributed by atoms with E-state index in [9.17, 15) is 4.79 Å². The lowest BCUT2D eigenvalue weighted by Gasteiger charge is -2.27. The van der Waals surface area contributed by atoms with E-state index in [2.05, 4.69) is 0 Å². The molecule has 2 aromatic carbocycles. The molecule has 0 aliphatic carbocycles. The summed E-state index contributed by atoms with van der Waals surface area (Å²) in [5, 5.41) is 0. The van der Waals surface area contributed by atoms with Crippen LogP contribution < -0.4 is 18.9 Å². The van der Waals surface area contributed by atoms with Crippen LogP contribution in [0.2, 0.25) is 0 Å². The van der Waals surface area contributed by atoms with Gasteiger partial charge in [-0.3, -0.25) is 4.79 Å². The van der Waals surface area contributed by atoms with E-state index in [0.717, 1.165) is 29.9 Å². The Labute approximate surface area is 159 Å². The Balaban J connectivity index is 1.94. The molecule has 1 atom stereocenters. The molecule has 1 saturated heterocycles. The molecular weight excluding hydrogens is 346 g/mol. The molecule has 6 nitrogen and oxygen atoms in total. The van der Waals surface area contributed by atoms with Crippen LogP contribution in [0.25, 0.3) is 0 Å². The van der Waals surface area contributed by atoms with Gasteiger partial charge in [0, 0.05) is 17.7 Å². The fourth-order valence-corrected chi connectivity index (χ4v) is 3.57. The molecule has 1 aliphatic heterocycles. The first-order valence-electron chi connectivity index (χ1n) is 8.87. The van der Waals surface area contributed by atoms with Crippen molar-refractivity contribution in [2.75, 3.05) is 35.0 Å². The quantitative estimate of drug-likeness (QED) is 0.775. The van der Waals surface area contributed by atoms with Crippen LogP contribution in [0.1, 0.15) is 34.8 Å². The van der Waals surface area contributed by atoms with Gasteiger partial charge in [-0.15, -0.1) is 0 Å². The molecule has 1 heterocycles. The highest BCUT2D eigenvalue weighted by molar-refractivity contribution is 5.95. The van der Waals surface area contributed by atoms with Crippen molar-refractivity contribution < 1.29 is 23.7 Å². The summed E-state index contributed by atoms with van der Waals surface area (Å²) in [5.41, 5.74) is 1.53. The topological polar surface area (TPSA) is 57.2 Å². The second-order valence-electron chi connectivity index (χ2n) is 6.33. The van der Waals surface area contributed by atoms with Gasteiger partial charge in [0.25, 0.3) is 5.91 Å². The average Bonchev–Trinajstić information content (AvgIpc) is 3.21. The van der Waals surface area contributed by atoms with E-state index in [1.807, 2.05) is 23.1 Å². The molecule has 6 heteroatoms. The monoisotopic (exact) mass is 371 g/mol. The number of nitrogens with zero attached hydrogens (tertiary/aromatic N) is 1. The van der Waals surface area contributed by atoms with E-state index in [1.165, 1.54) is 0 Å². The first kappa shape index (κ1) is 18.9. The average molecular weight is 371 g/mol. The van der Waals surface area contributed by atoms with Crippen molar-refractivity contribution in [2.24, 2.45) is 0 Å². The van der Waals surface area contributed by atoms with Crippen LogP contribution >= 0.6 is 0 Å². The van der Waals surface area contributed by atoms with Crippen molar-refractivity contribution in [2.45, 2.75) is 18.9 Å². The lowest BCUT2D eigenvalue weighted by atomic mass is 10.0. The molecule has 0 aromatic heterocycles. The number of hydrogen-bond acceptors (Lipinski definition) is 5. The molecule has 0 radical (unpaired) electrons. The first-order valence-corrected chi connectivity index (χ1v) is 8.87. The second kappa shape index (κ2) is 8.20. The van der Waals surface area contributed by atoms with Gasteiger partial charge in [0.1, 0.15) is 11.5 Å². The molecule has 0 unspecified atom stereocenters. The number of rotatable bonds is 6. The Kier molecular flexibility index (Phi) is 5.74. The van der Waals surface area contributed by atoms with Gasteiger partial charge in [-0.25, -0.2) is 0 Å². The lowest BCUT2D eigenvalue weighted by Crippen LogP contribution is -2.30. The van der Waals surface area contributed by atoms with Crippen LogP contribution in [-0.2, 0) is 0 Å². The molecule has 1 amide bonds. The Bertz CT molecular complexity index is 820. The zero-order chi connectivity index (χ0) is 19.4. The van der Waals surface area contributed by atoms with Gasteiger partial charge < -0.3 is 23.8 Å². The molecule has 1 aliphatic rings. The Morgan fingerprint density at radius 3 is 2.26 bits per heavy atom. The zero-order valence-corrected chi connectivity index (χ0v) is 16.2. The highest BCUT2D eigenvalue weighted by Gasteiger charge is 2.33. The normalized spacial score (nSPS) is 16.1. The second-order valence-corrected chi connectivity index (χ2v) is 6.33. The van der Waals surface area contributed by atoms with Gasteiger partial charge >= 0.3 is 0 Å². The van der Waals surface area contributed by atoms with Crippen LogP contribution in [0.4, 0.5) is 0 Å². The molecule has 0 N–H and O–H groups in total. The lowest BCUT2D eigenvalue weighted by molar-refractivity contribution is 0.0733. The van der Waals surface area contributed by atoms with E-state index in [1.54, 1.807) is 46.6 Å². The maximum Gasteiger partial charge on any atom is 0.254 e. The summed E-state index contributed by atoms with van der Waals surface area (Å²) in [6.07, 6.45) is 1.81. The van der Waals surface area contributed by atoms with Crippen LogP contribution in [0, 0.1) is 0 Å². The fourth-order valence-electron chi connectivity index (χ4n) is 3.57. The number of carbonyl (C=O) groups excluding carboxylic acids is 1. The number of ether oxygens (including phenoxy) is 4. The summed E-state index contributed by atoms with van der Waals surface area (Å²) in [7, 11) is 6.41. The number of amides is 1. The number of carbonyl (C=O) groups is 1. The third-order valence-electron chi connectivity index (χ3n) is 4.94. The van der Waals surface area contributed by atoms with Gasteiger partial charge in [-0.1, -0.05) is 0 Å². The first-order chi connectivity index (χ1) is 13.1. The van der Waals surface area contributed by atoms with E-state index < -0.39 is 0 Å². The molecule has 3 rings (SSSR count). The van der Waals surface area contributed by atoms with Crippen molar-refractivity contribution in [1.82, 2.24) is 4.90 Å². The van der Waals surface area contributed by atoms with E-state index in [-0.39, 0.29) is 11.9 Å². The van der Waals surface area contributed by atoms with Crippen LogP contribution in [0.5, 0.6) is 23.0 Å². The fraction of sp³-hybridized carbons (Fsp3) is 0.381. The largest absolute Gasteiger partial charge is 0.497 e. The predicted octanol–water partition coefficient (Wildman–Crippen LogP) is 3.70. The van der Waals surface area contributed by atoms with E-state index >= 15 is 0 Å². The molecule has 0 saturated carbocycles. The Morgan fingerprint density at radius 2 is 1.59 bits per heavy atom. The highest BCUT2D eigenvalue weighted by Crippen LogP contribution is 2.40. The summed E-state index contributed by atoms with van der Waals surface area (Å²) in [6, 6.07) is 10.9. The smallest absolute Gasteiger partial charge is 0.254 e. The van der Waals surface area contributed by atoms with Crippen molar-refractivity contribution in [1.29, 1.82) is 0 Å². The molecule has 144 valence electrons. The van der Waals surface area contributed by atoms with E-state index in [0.29, 0.717) is 23.6 Å². The molecule has 1 fully saturated rings. The van der Waals surface area contributed by atoms with Crippen molar-refractivity contribution in [3.8, 4) is 23.0 Å². The molecule has 0 spiro atoms. The summed E-state index contributed by atoms with van der Waals surface area (Å²) < 4.78 is 21.5. The van der Waals surface area contributed by atoms with Gasteiger partial charge in [-0.05, 0) is 49.2 Å². The molecular formula is C21H25NO5. The van der Waals surface area contributed by atoms with Crippen molar-refractivity contribution in [3.63, 3.8) is 0 Å². The molecule has 27 heavy (non-hydrogen) atoms. The van der Waals surface area contributed by atoms with Gasteiger partial charge in [0.05, 0.1) is 34.5 Å². The van der Waals surface area contributed by atoms with E-state index in [4.69, 9.17) is 18.9 Å². The standard InChI is InChI=1S/C21H25NO5/c1-24-15-8-10-18(25-2)16(13-15)17-6-5-11-22(17)21(23)14-7-9-19(26-3)20(12-14)27-4/h7-10,12-13,17H,5-6,11H2,1-4H3/t17-/m1/s1. The maximum absolute atomic E-state index is 13.2. The number of benzene rings is 2. The molecule has 2 aromatic rings. The van der Waals surface area contributed by atoms with Crippen molar-refractivity contribution in [3.05, 3.63) is 47.5 Å². The Hall–Kier alpha value is -2.89. The van der Waals surface area contributed by atoms with Crippen LogP contribution in [0.15, 0.2) is 36.4 Å². The summed E-state index contributed by atoms with van der Waals surface area (Å²) in [5.74, 6) is 2.60. The SMILES string of the molecule is COc1ccc(OC)c([C@H]2CCCN2C(=O)c2ccc(OC)c(OC)c2)c1. The summed E-state index contributed by atoms with van der Waals surface area (Å²) in [6.45, 7) is 0.693. The predicted molar refractivity (Wildman–Crippen MR) is 102 cm³/mol. The van der Waals surface area contributed by atoms with Crippen LogP contribution in [-0.4, -0.2) is 45.8 Å². The zero-order valence-electron chi connectivity index (χ0n) is 16.2. The maximum atomic E-state index is 13.2. The minimum atomic E-state index is -0.0596. The minimum Gasteiger partial charge on any atom is -0.497 e. The minimum absolute atomic E-state index is 0.0386. The third-order valence-corrected chi connectivity index (χ3v) is 4.94. The number of methoxy groups -OCH3 is 4. The van der Waals surface area contributed by atoms with Crippen molar-refractivity contribution >= 4 is 5.91 Å². The highest BCUT2D eigenvalue weighted by atomic mass is 16.5.